The number of carbonyl (C=O) groups excluding carboxylic acids is 5. The molecule has 1 aliphatic rings. The molecule has 16 nitrogen and oxygen atoms in total. The Morgan fingerprint density at radius 1 is 0.923 bits per heavy atom. The van der Waals surface area contributed by atoms with Crippen LogP contribution in [0.1, 0.15) is 63.0 Å². The van der Waals surface area contributed by atoms with Crippen LogP contribution in [0.15, 0.2) is 77.9 Å². The topological polar surface area (TPSA) is 246 Å². The minimum Gasteiger partial charge on any atom is -0.370 e. The number of aromatic nitrogens is 3. The standard InChI is InChI=1S/C36H47N11O5/c1-24(33(50)41-28(18-11-21-40-35(38)39)34(51)42-29(32(37)49)22-26-14-7-3-8-15-26)47(27-16-9-4-10-17-27)36(52)46-23-30(44-45-46)43-31(48)20-19-25-12-5-2-6-13-25/h2-3,5-8,12-15,19-20,23-24,27-29H,4,9-11,16-18,21-22H2,1H3,(H2,37,49)(H,41,50)(H,42,51)(H,43,48)(H4,38,39,40)/t24-,28-,29-/m0/s1. The molecule has 0 unspecified atom stereocenters. The van der Waals surface area contributed by atoms with E-state index in [0.717, 1.165) is 35.1 Å². The average Bonchev–Trinajstić information content (AvgIpc) is 3.61. The zero-order chi connectivity index (χ0) is 37.5. The summed E-state index contributed by atoms with van der Waals surface area (Å²) in [5.74, 6) is -2.49. The molecule has 0 aliphatic heterocycles. The second-order valence-corrected chi connectivity index (χ2v) is 12.6. The summed E-state index contributed by atoms with van der Waals surface area (Å²) >= 11 is 0. The van der Waals surface area contributed by atoms with Crippen LogP contribution in [0.4, 0.5) is 10.6 Å². The van der Waals surface area contributed by atoms with E-state index in [1.54, 1.807) is 13.0 Å². The van der Waals surface area contributed by atoms with Gasteiger partial charge in [0.05, 0.1) is 6.20 Å². The van der Waals surface area contributed by atoms with Gasteiger partial charge in [-0.1, -0.05) is 85.1 Å². The van der Waals surface area contributed by atoms with Crippen molar-refractivity contribution >= 4 is 47.5 Å². The molecule has 0 radical (unpaired) electrons. The molecule has 1 heterocycles. The summed E-state index contributed by atoms with van der Waals surface area (Å²) in [6.45, 7) is 1.77. The van der Waals surface area contributed by atoms with E-state index >= 15 is 0 Å². The van der Waals surface area contributed by atoms with Gasteiger partial charge < -0.3 is 38.1 Å². The highest BCUT2D eigenvalue weighted by molar-refractivity contribution is 6.01. The first-order chi connectivity index (χ1) is 25.0. The third kappa shape index (κ3) is 11.8. The molecular weight excluding hydrogens is 666 g/mol. The number of nitrogens with two attached hydrogens (primary N) is 3. The van der Waals surface area contributed by atoms with E-state index < -0.39 is 47.8 Å². The van der Waals surface area contributed by atoms with Gasteiger partial charge in [0.15, 0.2) is 11.8 Å². The fraction of sp³-hybridized carbons (Fsp3) is 0.389. The van der Waals surface area contributed by atoms with E-state index in [9.17, 15) is 24.0 Å². The summed E-state index contributed by atoms with van der Waals surface area (Å²) in [5, 5.41) is 15.9. The molecule has 1 aromatic heterocycles. The Kier molecular flexibility index (Phi) is 14.4. The number of primary amides is 1. The van der Waals surface area contributed by atoms with Gasteiger partial charge in [-0.25, -0.2) is 4.79 Å². The number of anilines is 1. The fourth-order valence-electron chi connectivity index (χ4n) is 5.97. The predicted octanol–water partition coefficient (Wildman–Crippen LogP) is 1.67. The van der Waals surface area contributed by atoms with E-state index in [0.29, 0.717) is 19.3 Å². The quantitative estimate of drug-likeness (QED) is 0.0546. The smallest absolute Gasteiger partial charge is 0.347 e. The van der Waals surface area contributed by atoms with Crippen molar-refractivity contribution in [1.29, 1.82) is 0 Å². The maximum Gasteiger partial charge on any atom is 0.347 e. The van der Waals surface area contributed by atoms with Gasteiger partial charge in [0.1, 0.15) is 18.1 Å². The van der Waals surface area contributed by atoms with Crippen LogP contribution < -0.4 is 33.2 Å². The van der Waals surface area contributed by atoms with Crippen LogP contribution in [0, 0.1) is 0 Å². The van der Waals surface area contributed by atoms with Crippen LogP contribution in [0.3, 0.4) is 0 Å². The maximum absolute atomic E-state index is 14.0. The zero-order valence-electron chi connectivity index (χ0n) is 29.2. The molecule has 16 heteroatoms. The third-order valence-electron chi connectivity index (χ3n) is 8.67. The van der Waals surface area contributed by atoms with Gasteiger partial charge >= 0.3 is 6.03 Å². The Morgan fingerprint density at radius 2 is 1.58 bits per heavy atom. The van der Waals surface area contributed by atoms with Crippen molar-refractivity contribution in [3.8, 4) is 0 Å². The number of rotatable bonds is 16. The normalized spacial score (nSPS) is 14.8. The highest BCUT2D eigenvalue weighted by Gasteiger charge is 2.36. The predicted molar refractivity (Wildman–Crippen MR) is 196 cm³/mol. The molecule has 2 aromatic carbocycles. The molecule has 0 spiro atoms. The van der Waals surface area contributed by atoms with E-state index in [4.69, 9.17) is 17.2 Å². The zero-order valence-corrected chi connectivity index (χ0v) is 29.2. The lowest BCUT2D eigenvalue weighted by Gasteiger charge is -2.37. The second-order valence-electron chi connectivity index (χ2n) is 12.6. The largest absolute Gasteiger partial charge is 0.370 e. The first-order valence-electron chi connectivity index (χ1n) is 17.3. The van der Waals surface area contributed by atoms with Gasteiger partial charge in [-0.3, -0.25) is 24.2 Å². The van der Waals surface area contributed by atoms with Gasteiger partial charge in [-0.15, -0.1) is 5.10 Å². The number of nitrogens with one attached hydrogen (secondary N) is 3. The molecule has 52 heavy (non-hydrogen) atoms. The highest BCUT2D eigenvalue weighted by atomic mass is 16.2. The molecule has 3 atom stereocenters. The Bertz CT molecular complexity index is 1720. The molecule has 1 saturated carbocycles. The van der Waals surface area contributed by atoms with Crippen molar-refractivity contribution in [2.75, 3.05) is 11.9 Å². The lowest BCUT2D eigenvalue weighted by molar-refractivity contribution is -0.133. The van der Waals surface area contributed by atoms with Crippen molar-refractivity contribution in [2.45, 2.75) is 82.5 Å². The molecule has 0 bridgehead atoms. The summed E-state index contributed by atoms with van der Waals surface area (Å²) in [7, 11) is 0. The SMILES string of the molecule is C[C@@H](C(=O)N[C@@H](CCCN=C(N)N)C(=O)N[C@@H](Cc1ccccc1)C(N)=O)N(C(=O)n1cc(NC(=O)C=Cc2ccccc2)nn1)C1CCCCC1. The van der Waals surface area contributed by atoms with Gasteiger partial charge in [0.2, 0.25) is 23.6 Å². The minimum atomic E-state index is -1.11. The Labute approximate surface area is 302 Å². The number of benzene rings is 2. The first kappa shape index (κ1) is 38.7. The van der Waals surface area contributed by atoms with Crippen LogP contribution >= 0.6 is 0 Å². The lowest BCUT2D eigenvalue weighted by atomic mass is 9.93. The number of amides is 5. The summed E-state index contributed by atoms with van der Waals surface area (Å²) in [6.07, 6.45) is 8.91. The van der Waals surface area contributed by atoms with Crippen LogP contribution in [-0.4, -0.2) is 86.2 Å². The fourth-order valence-corrected chi connectivity index (χ4v) is 5.97. The van der Waals surface area contributed by atoms with Gasteiger partial charge in [0, 0.05) is 25.1 Å². The number of aliphatic imine (C=N–C) groups is 1. The molecule has 5 amide bonds. The molecule has 1 aliphatic carbocycles. The van der Waals surface area contributed by atoms with Crippen LogP contribution in [0.2, 0.25) is 0 Å². The minimum absolute atomic E-state index is 0.0498. The van der Waals surface area contributed by atoms with E-state index in [1.165, 1.54) is 17.2 Å². The molecule has 9 N–H and O–H groups in total. The first-order valence-corrected chi connectivity index (χ1v) is 17.3. The summed E-state index contributed by atoms with van der Waals surface area (Å²) in [5.41, 5.74) is 18.2. The molecule has 0 saturated heterocycles. The second kappa shape index (κ2) is 19.4. The molecular formula is C36H47N11O5. The van der Waals surface area contributed by atoms with Crippen molar-refractivity contribution < 1.29 is 24.0 Å². The molecule has 4 rings (SSSR count). The lowest BCUT2D eigenvalue weighted by Crippen LogP contribution is -2.58. The van der Waals surface area contributed by atoms with Crippen LogP contribution in [-0.2, 0) is 25.6 Å². The monoisotopic (exact) mass is 713 g/mol. The molecule has 276 valence electrons. The van der Waals surface area contributed by atoms with Crippen molar-refractivity contribution in [3.05, 3.63) is 84.1 Å². The average molecular weight is 714 g/mol. The maximum atomic E-state index is 14.0. The van der Waals surface area contributed by atoms with Crippen molar-refractivity contribution in [3.63, 3.8) is 0 Å². The number of guanidine groups is 1. The third-order valence-corrected chi connectivity index (χ3v) is 8.67. The van der Waals surface area contributed by atoms with Gasteiger partial charge in [-0.2, -0.15) is 4.68 Å². The molecule has 1 fully saturated rings. The molecule has 3 aromatic rings. The van der Waals surface area contributed by atoms with Crippen molar-refractivity contribution in [2.24, 2.45) is 22.2 Å². The summed E-state index contributed by atoms with van der Waals surface area (Å²) < 4.78 is 0.982. The van der Waals surface area contributed by atoms with E-state index in [1.807, 2.05) is 60.7 Å². The Morgan fingerprint density at radius 3 is 2.23 bits per heavy atom. The van der Waals surface area contributed by atoms with E-state index in [-0.39, 0.29) is 37.2 Å². The summed E-state index contributed by atoms with van der Waals surface area (Å²) in [6, 6.07) is 14.2. The highest BCUT2D eigenvalue weighted by Crippen LogP contribution is 2.25. The van der Waals surface area contributed by atoms with E-state index in [2.05, 4.69) is 31.3 Å². The number of hydrogen-bond acceptors (Lipinski definition) is 8. The van der Waals surface area contributed by atoms with Gasteiger partial charge in [0.25, 0.3) is 0 Å². The van der Waals surface area contributed by atoms with Crippen LogP contribution in [0.25, 0.3) is 6.08 Å². The van der Waals surface area contributed by atoms with Crippen LogP contribution in [0.5, 0.6) is 0 Å². The number of nitrogens with zero attached hydrogens (tertiary/aromatic N) is 5. The Hall–Kier alpha value is -6.06. The summed E-state index contributed by atoms with van der Waals surface area (Å²) in [4.78, 5) is 71.8. The van der Waals surface area contributed by atoms with Crippen molar-refractivity contribution in [1.82, 2.24) is 30.5 Å². The number of carbonyl (C=O) groups is 5. The Balaban J connectivity index is 1.50. The number of hydrogen-bond donors (Lipinski definition) is 6. The van der Waals surface area contributed by atoms with Gasteiger partial charge in [-0.05, 0) is 49.8 Å².